The molecule has 162 valence electrons. The lowest BCUT2D eigenvalue weighted by Crippen LogP contribution is -2.18. The Morgan fingerprint density at radius 3 is 2.25 bits per heavy atom. The van der Waals surface area contributed by atoms with E-state index < -0.39 is 11.9 Å². The van der Waals surface area contributed by atoms with Crippen LogP contribution in [0.5, 0.6) is 11.5 Å². The van der Waals surface area contributed by atoms with Crippen LogP contribution in [0.1, 0.15) is 27.0 Å². The molecule has 32 heavy (non-hydrogen) atoms. The summed E-state index contributed by atoms with van der Waals surface area (Å²) in [5, 5.41) is 4.30. The molecule has 0 radical (unpaired) electrons. The standard InChI is InChI=1S/C25H21ClN2O4/c1-17-3-13-22(23(26)15-17)25(30)28-27-16-19-6-11-21(12-7-19)32-24(29)14-8-18-4-9-20(31-2)10-5-18/h3-16H,1-2H3,(H,28,30). The average Bonchev–Trinajstić information content (AvgIpc) is 2.79. The van der Waals surface area contributed by atoms with Gasteiger partial charge in [-0.3, -0.25) is 4.79 Å². The lowest BCUT2D eigenvalue weighted by atomic mass is 10.1. The van der Waals surface area contributed by atoms with Crippen molar-refractivity contribution in [3.05, 3.63) is 100 Å². The highest BCUT2D eigenvalue weighted by Crippen LogP contribution is 2.17. The van der Waals surface area contributed by atoms with Gasteiger partial charge in [-0.15, -0.1) is 0 Å². The van der Waals surface area contributed by atoms with Crippen molar-refractivity contribution in [1.29, 1.82) is 0 Å². The van der Waals surface area contributed by atoms with E-state index in [1.165, 1.54) is 12.3 Å². The Labute approximate surface area is 191 Å². The van der Waals surface area contributed by atoms with Crippen molar-refractivity contribution in [1.82, 2.24) is 5.43 Å². The van der Waals surface area contributed by atoms with E-state index in [9.17, 15) is 9.59 Å². The minimum atomic E-state index is -0.496. The Hall–Kier alpha value is -3.90. The van der Waals surface area contributed by atoms with Gasteiger partial charge in [0.2, 0.25) is 0 Å². The molecule has 0 atom stereocenters. The molecule has 0 spiro atoms. The quantitative estimate of drug-likeness (QED) is 0.180. The van der Waals surface area contributed by atoms with E-state index in [4.69, 9.17) is 21.1 Å². The second-order valence-corrected chi connectivity index (χ2v) is 7.19. The summed E-state index contributed by atoms with van der Waals surface area (Å²) in [5.41, 5.74) is 5.32. The third-order valence-corrected chi connectivity index (χ3v) is 4.69. The number of rotatable bonds is 7. The lowest BCUT2D eigenvalue weighted by Gasteiger charge is -2.04. The summed E-state index contributed by atoms with van der Waals surface area (Å²) in [6, 6.07) is 19.2. The molecule has 0 saturated heterocycles. The second-order valence-electron chi connectivity index (χ2n) is 6.78. The van der Waals surface area contributed by atoms with E-state index in [2.05, 4.69) is 10.5 Å². The van der Waals surface area contributed by atoms with E-state index >= 15 is 0 Å². The minimum absolute atomic E-state index is 0.347. The maximum atomic E-state index is 12.2. The van der Waals surface area contributed by atoms with Gasteiger partial charge in [0.15, 0.2) is 0 Å². The molecule has 0 unspecified atom stereocenters. The second kappa shape index (κ2) is 10.9. The summed E-state index contributed by atoms with van der Waals surface area (Å²) in [6.07, 6.45) is 4.49. The molecule has 0 aromatic heterocycles. The molecule has 3 rings (SSSR count). The van der Waals surface area contributed by atoms with Crippen LogP contribution < -0.4 is 14.9 Å². The normalized spacial score (nSPS) is 11.0. The predicted molar refractivity (Wildman–Crippen MR) is 125 cm³/mol. The van der Waals surface area contributed by atoms with Crippen LogP contribution >= 0.6 is 11.6 Å². The first-order valence-corrected chi connectivity index (χ1v) is 10.1. The smallest absolute Gasteiger partial charge is 0.336 e. The fourth-order valence-corrected chi connectivity index (χ4v) is 3.00. The largest absolute Gasteiger partial charge is 0.497 e. The van der Waals surface area contributed by atoms with Gasteiger partial charge < -0.3 is 9.47 Å². The average molecular weight is 449 g/mol. The number of nitrogens with zero attached hydrogens (tertiary/aromatic N) is 1. The Kier molecular flexibility index (Phi) is 7.78. The fourth-order valence-electron chi connectivity index (χ4n) is 2.68. The maximum absolute atomic E-state index is 12.2. The molecule has 0 fully saturated rings. The lowest BCUT2D eigenvalue weighted by molar-refractivity contribution is -0.128. The number of amides is 1. The molecule has 0 aliphatic heterocycles. The number of carbonyl (C=O) groups is 2. The molecule has 0 bridgehead atoms. The zero-order valence-corrected chi connectivity index (χ0v) is 18.3. The van der Waals surface area contributed by atoms with E-state index in [1.54, 1.807) is 55.7 Å². The van der Waals surface area contributed by atoms with Crippen LogP contribution in [-0.2, 0) is 4.79 Å². The fraction of sp³-hybridized carbons (Fsp3) is 0.0800. The van der Waals surface area contributed by atoms with Crippen molar-refractivity contribution in [2.75, 3.05) is 7.11 Å². The summed E-state index contributed by atoms with van der Waals surface area (Å²) in [4.78, 5) is 24.2. The van der Waals surface area contributed by atoms with Gasteiger partial charge in [-0.05, 0) is 78.2 Å². The number of halogens is 1. The minimum Gasteiger partial charge on any atom is -0.497 e. The SMILES string of the molecule is COc1ccc(C=CC(=O)Oc2ccc(C=NNC(=O)c3ccc(C)cc3Cl)cc2)cc1. The number of esters is 1. The third kappa shape index (κ3) is 6.55. The Bertz CT molecular complexity index is 1150. The summed E-state index contributed by atoms with van der Waals surface area (Å²) >= 11 is 6.08. The Morgan fingerprint density at radius 2 is 1.59 bits per heavy atom. The van der Waals surface area contributed by atoms with Crippen LogP contribution in [0.15, 0.2) is 77.9 Å². The van der Waals surface area contributed by atoms with Gasteiger partial charge in [-0.1, -0.05) is 29.8 Å². The van der Waals surface area contributed by atoms with Crippen molar-refractivity contribution in [3.8, 4) is 11.5 Å². The topological polar surface area (TPSA) is 77.0 Å². The summed E-state index contributed by atoms with van der Waals surface area (Å²) < 4.78 is 10.4. The molecular formula is C25H21ClN2O4. The van der Waals surface area contributed by atoms with E-state index in [0.717, 1.165) is 16.9 Å². The van der Waals surface area contributed by atoms with Crippen LogP contribution in [0.2, 0.25) is 5.02 Å². The number of methoxy groups -OCH3 is 1. The van der Waals surface area contributed by atoms with Crippen molar-refractivity contribution in [3.63, 3.8) is 0 Å². The first-order valence-electron chi connectivity index (χ1n) is 9.68. The van der Waals surface area contributed by atoms with Crippen LogP contribution in [0, 0.1) is 6.92 Å². The summed E-state index contributed by atoms with van der Waals surface area (Å²) in [5.74, 6) is 0.235. The first-order chi connectivity index (χ1) is 15.4. The van der Waals surface area contributed by atoms with Crippen molar-refractivity contribution >= 4 is 35.8 Å². The third-order valence-electron chi connectivity index (χ3n) is 4.38. The zero-order chi connectivity index (χ0) is 22.9. The van der Waals surface area contributed by atoms with Gasteiger partial charge in [0.25, 0.3) is 5.91 Å². The number of hydrogen-bond donors (Lipinski definition) is 1. The van der Waals surface area contributed by atoms with Gasteiger partial charge in [-0.2, -0.15) is 5.10 Å². The number of aryl methyl sites for hydroxylation is 1. The molecule has 0 aliphatic carbocycles. The van der Waals surface area contributed by atoms with Gasteiger partial charge in [0.05, 0.1) is 23.9 Å². The maximum Gasteiger partial charge on any atom is 0.336 e. The molecule has 1 N–H and O–H groups in total. The zero-order valence-electron chi connectivity index (χ0n) is 17.5. The molecule has 0 heterocycles. The van der Waals surface area contributed by atoms with Crippen molar-refractivity contribution < 1.29 is 19.1 Å². The van der Waals surface area contributed by atoms with Crippen LogP contribution in [-0.4, -0.2) is 25.2 Å². The summed E-state index contributed by atoms with van der Waals surface area (Å²) in [6.45, 7) is 1.89. The molecule has 6 nitrogen and oxygen atoms in total. The Morgan fingerprint density at radius 1 is 0.938 bits per heavy atom. The van der Waals surface area contributed by atoms with E-state index in [-0.39, 0.29) is 0 Å². The Balaban J connectivity index is 1.52. The van der Waals surface area contributed by atoms with Crippen molar-refractivity contribution in [2.45, 2.75) is 6.92 Å². The molecule has 3 aromatic carbocycles. The van der Waals surface area contributed by atoms with Crippen LogP contribution in [0.25, 0.3) is 6.08 Å². The molecular weight excluding hydrogens is 428 g/mol. The molecule has 1 amide bonds. The van der Waals surface area contributed by atoms with Gasteiger partial charge in [0, 0.05) is 6.08 Å². The highest BCUT2D eigenvalue weighted by atomic mass is 35.5. The van der Waals surface area contributed by atoms with Gasteiger partial charge >= 0.3 is 5.97 Å². The monoisotopic (exact) mass is 448 g/mol. The molecule has 0 aliphatic rings. The van der Waals surface area contributed by atoms with Gasteiger partial charge in [-0.25, -0.2) is 10.2 Å². The van der Waals surface area contributed by atoms with E-state index in [0.29, 0.717) is 21.9 Å². The highest BCUT2D eigenvalue weighted by molar-refractivity contribution is 6.33. The van der Waals surface area contributed by atoms with Crippen LogP contribution in [0.3, 0.4) is 0 Å². The molecule has 0 saturated carbocycles. The number of ether oxygens (including phenoxy) is 2. The molecule has 3 aromatic rings. The number of nitrogens with one attached hydrogen (secondary N) is 1. The number of benzene rings is 3. The highest BCUT2D eigenvalue weighted by Gasteiger charge is 2.09. The summed E-state index contributed by atoms with van der Waals surface area (Å²) in [7, 11) is 1.59. The first kappa shape index (κ1) is 22.8. The number of hydrazone groups is 1. The molecule has 7 heteroatoms. The predicted octanol–water partition coefficient (Wildman–Crippen LogP) is 5.04. The van der Waals surface area contributed by atoms with E-state index in [1.807, 2.05) is 31.2 Å². The van der Waals surface area contributed by atoms with Crippen LogP contribution in [0.4, 0.5) is 0 Å². The van der Waals surface area contributed by atoms with Gasteiger partial charge in [0.1, 0.15) is 11.5 Å². The number of hydrogen-bond acceptors (Lipinski definition) is 5. The van der Waals surface area contributed by atoms with Crippen molar-refractivity contribution in [2.24, 2.45) is 5.10 Å². The number of carbonyl (C=O) groups excluding carboxylic acids is 2.